The van der Waals surface area contributed by atoms with Crippen molar-refractivity contribution < 1.29 is 26.8 Å². The lowest BCUT2D eigenvalue weighted by molar-refractivity contribution is -0.120. The summed E-state index contributed by atoms with van der Waals surface area (Å²) in [5.74, 6) is -3.21. The number of halogens is 2. The molecule has 0 saturated heterocycles. The number of hydrogen-bond donors (Lipinski definition) is 3. The maximum Gasteiger partial charge on any atom is 0.251 e. The van der Waals surface area contributed by atoms with Crippen LogP contribution in [0.1, 0.15) is 21.5 Å². The fraction of sp³-hybridized carbons (Fsp3) is 0.263. The minimum atomic E-state index is -3.72. The van der Waals surface area contributed by atoms with Gasteiger partial charge in [0.25, 0.3) is 5.91 Å². The van der Waals surface area contributed by atoms with Crippen LogP contribution in [-0.4, -0.2) is 39.9 Å². The third kappa shape index (κ3) is 6.61. The summed E-state index contributed by atoms with van der Waals surface area (Å²) in [5.41, 5.74) is 1.15. The molecule has 0 aliphatic heterocycles. The fourth-order valence-corrected chi connectivity index (χ4v) is 3.83. The zero-order chi connectivity index (χ0) is 21.6. The highest BCUT2D eigenvalue weighted by Crippen LogP contribution is 2.16. The van der Waals surface area contributed by atoms with Crippen LogP contribution in [0, 0.1) is 25.5 Å². The first-order valence-electron chi connectivity index (χ1n) is 8.66. The van der Waals surface area contributed by atoms with Crippen molar-refractivity contribution >= 4 is 21.8 Å². The molecular weight excluding hydrogens is 404 g/mol. The maximum absolute atomic E-state index is 13.1. The molecule has 2 aromatic carbocycles. The molecule has 2 amide bonds. The van der Waals surface area contributed by atoms with Crippen LogP contribution in [0.3, 0.4) is 0 Å². The lowest BCUT2D eigenvalue weighted by Crippen LogP contribution is -2.40. The largest absolute Gasteiger partial charge is 0.353 e. The molecule has 0 saturated carbocycles. The Bertz CT molecular complexity index is 1010. The number of benzene rings is 2. The summed E-state index contributed by atoms with van der Waals surface area (Å²) in [5, 5.41) is 4.66. The van der Waals surface area contributed by atoms with Crippen LogP contribution < -0.4 is 15.4 Å². The molecule has 2 aromatic rings. The second-order valence-corrected chi connectivity index (χ2v) is 8.09. The number of carbonyl (C=O) groups is 2. The van der Waals surface area contributed by atoms with E-state index < -0.39 is 40.0 Å². The second kappa shape index (κ2) is 9.57. The van der Waals surface area contributed by atoms with E-state index in [1.54, 1.807) is 32.0 Å². The summed E-state index contributed by atoms with van der Waals surface area (Å²) < 4.78 is 53.3. The molecule has 0 spiro atoms. The van der Waals surface area contributed by atoms with Crippen LogP contribution in [0.15, 0.2) is 41.3 Å². The lowest BCUT2D eigenvalue weighted by Gasteiger charge is -2.11. The van der Waals surface area contributed by atoms with Gasteiger partial charge in [-0.2, -0.15) is 0 Å². The van der Waals surface area contributed by atoms with E-state index >= 15 is 0 Å². The van der Waals surface area contributed by atoms with E-state index in [1.165, 1.54) is 0 Å². The van der Waals surface area contributed by atoms with Gasteiger partial charge in [-0.3, -0.25) is 9.59 Å². The Morgan fingerprint density at radius 2 is 1.59 bits per heavy atom. The average Bonchev–Trinajstić information content (AvgIpc) is 2.64. The number of aryl methyl sites for hydroxylation is 2. The number of nitrogens with one attached hydrogen (secondary N) is 3. The molecule has 0 aromatic heterocycles. The zero-order valence-electron chi connectivity index (χ0n) is 15.9. The van der Waals surface area contributed by atoms with E-state index in [9.17, 15) is 26.8 Å². The highest BCUT2D eigenvalue weighted by atomic mass is 32.2. The van der Waals surface area contributed by atoms with Gasteiger partial charge in [0.1, 0.15) is 11.6 Å². The standard InChI is InChI=1S/C19H21F2N3O4S/c1-12-3-4-13(2)17(7-12)29(27,28)24-6-5-22-18(25)11-23-19(26)14-8-15(20)10-16(21)9-14/h3-4,7-10,24H,5-6,11H2,1-2H3,(H,22,25)(H,23,26). The van der Waals surface area contributed by atoms with Crippen molar-refractivity contribution in [2.24, 2.45) is 0 Å². The zero-order valence-corrected chi connectivity index (χ0v) is 16.7. The molecule has 7 nitrogen and oxygen atoms in total. The number of amides is 2. The predicted molar refractivity (Wildman–Crippen MR) is 103 cm³/mol. The number of hydrogen-bond acceptors (Lipinski definition) is 4. The lowest BCUT2D eigenvalue weighted by atomic mass is 10.2. The molecule has 0 radical (unpaired) electrons. The molecule has 0 heterocycles. The maximum atomic E-state index is 13.1. The fourth-order valence-electron chi connectivity index (χ4n) is 2.47. The Labute approximate surface area is 167 Å². The Morgan fingerprint density at radius 1 is 0.931 bits per heavy atom. The molecule has 0 bridgehead atoms. The van der Waals surface area contributed by atoms with Crippen LogP contribution in [0.2, 0.25) is 0 Å². The Kier molecular flexibility index (Phi) is 7.40. The molecule has 0 unspecified atom stereocenters. The Balaban J connectivity index is 1.78. The third-order valence-corrected chi connectivity index (χ3v) is 5.51. The van der Waals surface area contributed by atoms with Crippen LogP contribution in [0.25, 0.3) is 0 Å². The quantitative estimate of drug-likeness (QED) is 0.556. The van der Waals surface area contributed by atoms with E-state index in [1.807, 2.05) is 0 Å². The first-order valence-corrected chi connectivity index (χ1v) is 10.1. The SMILES string of the molecule is Cc1ccc(C)c(S(=O)(=O)NCCNC(=O)CNC(=O)c2cc(F)cc(F)c2)c1. The van der Waals surface area contributed by atoms with Gasteiger partial charge in [-0.25, -0.2) is 21.9 Å². The van der Waals surface area contributed by atoms with Crippen molar-refractivity contribution in [3.05, 3.63) is 64.7 Å². The highest BCUT2D eigenvalue weighted by molar-refractivity contribution is 7.89. The molecule has 0 aliphatic rings. The number of carbonyl (C=O) groups excluding carboxylic acids is 2. The van der Waals surface area contributed by atoms with E-state index in [-0.39, 0.29) is 23.5 Å². The molecule has 0 fully saturated rings. The van der Waals surface area contributed by atoms with Gasteiger partial charge in [0.2, 0.25) is 15.9 Å². The summed E-state index contributed by atoms with van der Waals surface area (Å²) in [6, 6.07) is 7.39. The summed E-state index contributed by atoms with van der Waals surface area (Å²) in [4.78, 5) is 23.7. The number of sulfonamides is 1. The first kappa shape index (κ1) is 22.4. The highest BCUT2D eigenvalue weighted by Gasteiger charge is 2.16. The van der Waals surface area contributed by atoms with Crippen molar-refractivity contribution in [3.8, 4) is 0 Å². The smallest absolute Gasteiger partial charge is 0.251 e. The van der Waals surface area contributed by atoms with Gasteiger partial charge in [-0.05, 0) is 43.2 Å². The topological polar surface area (TPSA) is 104 Å². The van der Waals surface area contributed by atoms with Gasteiger partial charge in [0.15, 0.2) is 0 Å². The molecule has 156 valence electrons. The summed E-state index contributed by atoms with van der Waals surface area (Å²) in [6.07, 6.45) is 0. The third-order valence-electron chi connectivity index (χ3n) is 3.91. The van der Waals surface area contributed by atoms with Crippen molar-refractivity contribution in [3.63, 3.8) is 0 Å². The molecule has 3 N–H and O–H groups in total. The van der Waals surface area contributed by atoms with E-state index in [2.05, 4.69) is 15.4 Å². The predicted octanol–water partition coefficient (Wildman–Crippen LogP) is 1.41. The molecule has 10 heteroatoms. The molecule has 0 atom stereocenters. The van der Waals surface area contributed by atoms with Crippen molar-refractivity contribution in [1.82, 2.24) is 15.4 Å². The van der Waals surface area contributed by atoms with E-state index in [0.29, 0.717) is 11.6 Å². The van der Waals surface area contributed by atoms with Gasteiger partial charge in [-0.1, -0.05) is 12.1 Å². The van der Waals surface area contributed by atoms with E-state index in [0.717, 1.165) is 17.7 Å². The minimum Gasteiger partial charge on any atom is -0.353 e. The van der Waals surface area contributed by atoms with Crippen molar-refractivity contribution in [2.45, 2.75) is 18.7 Å². The van der Waals surface area contributed by atoms with Crippen LogP contribution in [-0.2, 0) is 14.8 Å². The van der Waals surface area contributed by atoms with Crippen LogP contribution >= 0.6 is 0 Å². The molecule has 2 rings (SSSR count). The normalized spacial score (nSPS) is 11.2. The minimum absolute atomic E-state index is 0.00656. The van der Waals surface area contributed by atoms with Gasteiger partial charge in [-0.15, -0.1) is 0 Å². The van der Waals surface area contributed by atoms with Crippen molar-refractivity contribution in [2.75, 3.05) is 19.6 Å². The van der Waals surface area contributed by atoms with Crippen LogP contribution in [0.5, 0.6) is 0 Å². The monoisotopic (exact) mass is 425 g/mol. The van der Waals surface area contributed by atoms with Gasteiger partial charge < -0.3 is 10.6 Å². The van der Waals surface area contributed by atoms with Gasteiger partial charge in [0.05, 0.1) is 11.4 Å². The van der Waals surface area contributed by atoms with Crippen molar-refractivity contribution in [1.29, 1.82) is 0 Å². The average molecular weight is 425 g/mol. The first-order chi connectivity index (χ1) is 13.6. The molecule has 0 aliphatic carbocycles. The number of rotatable bonds is 8. The Hall–Kier alpha value is -2.85. The van der Waals surface area contributed by atoms with Gasteiger partial charge in [0, 0.05) is 24.7 Å². The van der Waals surface area contributed by atoms with Gasteiger partial charge >= 0.3 is 0 Å². The van der Waals surface area contributed by atoms with E-state index in [4.69, 9.17) is 0 Å². The molecule has 29 heavy (non-hydrogen) atoms. The Morgan fingerprint density at radius 3 is 2.24 bits per heavy atom. The summed E-state index contributed by atoms with van der Waals surface area (Å²) >= 11 is 0. The summed E-state index contributed by atoms with van der Waals surface area (Å²) in [6.45, 7) is 2.98. The summed E-state index contributed by atoms with van der Waals surface area (Å²) in [7, 11) is -3.72. The second-order valence-electron chi connectivity index (χ2n) is 6.36. The van der Waals surface area contributed by atoms with Crippen LogP contribution in [0.4, 0.5) is 8.78 Å². The molecular formula is C19H21F2N3O4S.